The van der Waals surface area contributed by atoms with Crippen LogP contribution in [-0.2, 0) is 6.42 Å². The number of H-pyrrole nitrogens is 1. The molecule has 13 heavy (non-hydrogen) atoms. The number of aromatic nitrogens is 1. The largest absolute Gasteiger partial charge is 0.506 e. The quantitative estimate of drug-likeness (QED) is 0.686. The third-order valence-corrected chi connectivity index (χ3v) is 2.49. The van der Waals surface area contributed by atoms with Gasteiger partial charge in [0.1, 0.15) is 5.75 Å². The monoisotopic (exact) mass is 175 g/mol. The number of aromatic hydroxyl groups is 1. The number of nitrogens with one attached hydrogen (secondary N) is 1. The van der Waals surface area contributed by atoms with Crippen LogP contribution in [0.1, 0.15) is 18.2 Å². The molecule has 2 nitrogen and oxygen atoms in total. The van der Waals surface area contributed by atoms with Crippen LogP contribution in [0.2, 0.25) is 0 Å². The summed E-state index contributed by atoms with van der Waals surface area (Å²) in [6.45, 7) is 4.16. The van der Waals surface area contributed by atoms with E-state index in [2.05, 4.69) is 11.9 Å². The minimum atomic E-state index is 0.334. The molecule has 0 aliphatic heterocycles. The smallest absolute Gasteiger partial charge is 0.139 e. The van der Waals surface area contributed by atoms with Gasteiger partial charge in [0.2, 0.25) is 0 Å². The summed E-state index contributed by atoms with van der Waals surface area (Å²) in [5.41, 5.74) is 3.31. The Kier molecular flexibility index (Phi) is 1.76. The van der Waals surface area contributed by atoms with Gasteiger partial charge in [0.05, 0.1) is 5.52 Å². The Morgan fingerprint density at radius 3 is 2.85 bits per heavy atom. The summed E-state index contributed by atoms with van der Waals surface area (Å²) < 4.78 is 0. The zero-order valence-electron chi connectivity index (χ0n) is 7.89. The molecule has 68 valence electrons. The van der Waals surface area contributed by atoms with E-state index in [0.717, 1.165) is 23.0 Å². The van der Waals surface area contributed by atoms with Crippen LogP contribution in [0.25, 0.3) is 10.9 Å². The molecule has 0 atom stereocenters. The SMILES string of the molecule is CCc1c(C)[nH]c2c(O)cccc12. The van der Waals surface area contributed by atoms with Gasteiger partial charge in [-0.25, -0.2) is 0 Å². The molecule has 2 N–H and O–H groups in total. The summed E-state index contributed by atoms with van der Waals surface area (Å²) in [4.78, 5) is 3.20. The van der Waals surface area contributed by atoms with Gasteiger partial charge in [0.25, 0.3) is 0 Å². The van der Waals surface area contributed by atoms with E-state index in [1.807, 2.05) is 19.1 Å². The number of hydrogen-bond acceptors (Lipinski definition) is 1. The summed E-state index contributed by atoms with van der Waals surface area (Å²) in [6.07, 6.45) is 0.995. The number of para-hydroxylation sites is 1. The number of aromatic amines is 1. The van der Waals surface area contributed by atoms with Crippen molar-refractivity contribution in [2.24, 2.45) is 0 Å². The summed E-state index contributed by atoms with van der Waals surface area (Å²) in [6, 6.07) is 5.62. The van der Waals surface area contributed by atoms with Crippen molar-refractivity contribution in [3.63, 3.8) is 0 Å². The topological polar surface area (TPSA) is 36.0 Å². The van der Waals surface area contributed by atoms with E-state index in [1.165, 1.54) is 5.56 Å². The molecule has 1 heterocycles. The van der Waals surface area contributed by atoms with Gasteiger partial charge >= 0.3 is 0 Å². The number of fused-ring (bicyclic) bond motifs is 1. The van der Waals surface area contributed by atoms with Gasteiger partial charge in [-0.3, -0.25) is 0 Å². The molecule has 0 radical (unpaired) electrons. The summed E-state index contributed by atoms with van der Waals surface area (Å²) in [5.74, 6) is 0.334. The molecule has 0 fully saturated rings. The minimum absolute atomic E-state index is 0.334. The van der Waals surface area contributed by atoms with Crippen molar-refractivity contribution in [3.05, 3.63) is 29.5 Å². The normalized spacial score (nSPS) is 10.9. The third-order valence-electron chi connectivity index (χ3n) is 2.49. The Morgan fingerprint density at radius 1 is 1.38 bits per heavy atom. The average Bonchev–Trinajstić information content (AvgIpc) is 2.43. The number of phenols is 1. The molecule has 0 saturated heterocycles. The third kappa shape index (κ3) is 1.10. The molecule has 0 unspecified atom stereocenters. The van der Waals surface area contributed by atoms with E-state index in [1.54, 1.807) is 6.07 Å². The summed E-state index contributed by atoms with van der Waals surface area (Å²) in [7, 11) is 0. The van der Waals surface area contributed by atoms with Crippen molar-refractivity contribution in [1.29, 1.82) is 0 Å². The molecule has 2 rings (SSSR count). The number of phenolic OH excluding ortho intramolecular Hbond substituents is 1. The molecule has 0 amide bonds. The maximum Gasteiger partial charge on any atom is 0.139 e. The second-order valence-electron chi connectivity index (χ2n) is 3.28. The van der Waals surface area contributed by atoms with Crippen LogP contribution in [0.4, 0.5) is 0 Å². The van der Waals surface area contributed by atoms with Crippen LogP contribution in [0.15, 0.2) is 18.2 Å². The van der Waals surface area contributed by atoms with Crippen molar-refractivity contribution in [2.75, 3.05) is 0 Å². The van der Waals surface area contributed by atoms with E-state index in [4.69, 9.17) is 0 Å². The van der Waals surface area contributed by atoms with Gasteiger partial charge in [-0.2, -0.15) is 0 Å². The Hall–Kier alpha value is -1.44. The number of rotatable bonds is 1. The van der Waals surface area contributed by atoms with E-state index in [9.17, 15) is 5.11 Å². The molecule has 0 saturated carbocycles. The highest BCUT2D eigenvalue weighted by molar-refractivity contribution is 5.89. The maximum absolute atomic E-state index is 9.57. The molecule has 0 bridgehead atoms. The van der Waals surface area contributed by atoms with E-state index in [-0.39, 0.29) is 0 Å². The van der Waals surface area contributed by atoms with Crippen LogP contribution in [0.3, 0.4) is 0 Å². The lowest BCUT2D eigenvalue weighted by molar-refractivity contribution is 0.480. The van der Waals surface area contributed by atoms with Crippen LogP contribution >= 0.6 is 0 Å². The van der Waals surface area contributed by atoms with Crippen LogP contribution in [-0.4, -0.2) is 10.1 Å². The zero-order valence-corrected chi connectivity index (χ0v) is 7.89. The van der Waals surface area contributed by atoms with Crippen LogP contribution in [0.5, 0.6) is 5.75 Å². The first-order valence-corrected chi connectivity index (χ1v) is 4.53. The Labute approximate surface area is 77.2 Å². The predicted octanol–water partition coefficient (Wildman–Crippen LogP) is 2.74. The second-order valence-corrected chi connectivity index (χ2v) is 3.28. The fraction of sp³-hybridized carbons (Fsp3) is 0.273. The lowest BCUT2D eigenvalue weighted by atomic mass is 10.1. The first-order valence-electron chi connectivity index (χ1n) is 4.53. The lowest BCUT2D eigenvalue weighted by Gasteiger charge is -1.95. The van der Waals surface area contributed by atoms with E-state index >= 15 is 0 Å². The average molecular weight is 175 g/mol. The Bertz CT molecular complexity index is 443. The molecule has 0 aliphatic rings. The van der Waals surface area contributed by atoms with Crippen molar-refractivity contribution >= 4 is 10.9 Å². The van der Waals surface area contributed by atoms with Gasteiger partial charge in [0.15, 0.2) is 0 Å². The highest BCUT2D eigenvalue weighted by Crippen LogP contribution is 2.28. The molecule has 0 spiro atoms. The Balaban J connectivity index is 2.86. The van der Waals surface area contributed by atoms with Crippen molar-refractivity contribution in [3.8, 4) is 5.75 Å². The Morgan fingerprint density at radius 2 is 2.15 bits per heavy atom. The van der Waals surface area contributed by atoms with Gasteiger partial charge in [-0.05, 0) is 25.0 Å². The molecular weight excluding hydrogens is 162 g/mol. The van der Waals surface area contributed by atoms with Crippen molar-refractivity contribution in [1.82, 2.24) is 4.98 Å². The highest BCUT2D eigenvalue weighted by Gasteiger charge is 2.08. The molecule has 2 heteroatoms. The van der Waals surface area contributed by atoms with Gasteiger partial charge in [-0.15, -0.1) is 0 Å². The zero-order chi connectivity index (χ0) is 9.42. The summed E-state index contributed by atoms with van der Waals surface area (Å²) in [5, 5.41) is 10.7. The summed E-state index contributed by atoms with van der Waals surface area (Å²) >= 11 is 0. The maximum atomic E-state index is 9.57. The van der Waals surface area contributed by atoms with Crippen molar-refractivity contribution in [2.45, 2.75) is 20.3 Å². The van der Waals surface area contributed by atoms with Crippen molar-refractivity contribution < 1.29 is 5.11 Å². The molecule has 1 aromatic heterocycles. The lowest BCUT2D eigenvalue weighted by Crippen LogP contribution is -1.79. The van der Waals surface area contributed by atoms with E-state index in [0.29, 0.717) is 5.75 Å². The van der Waals surface area contributed by atoms with Gasteiger partial charge in [0, 0.05) is 11.1 Å². The van der Waals surface area contributed by atoms with Crippen LogP contribution < -0.4 is 0 Å². The molecule has 1 aromatic carbocycles. The fourth-order valence-corrected chi connectivity index (χ4v) is 1.84. The number of benzene rings is 1. The van der Waals surface area contributed by atoms with E-state index < -0.39 is 0 Å². The van der Waals surface area contributed by atoms with Crippen LogP contribution in [0, 0.1) is 6.92 Å². The number of aryl methyl sites for hydroxylation is 2. The van der Waals surface area contributed by atoms with Gasteiger partial charge in [-0.1, -0.05) is 19.1 Å². The standard InChI is InChI=1S/C11H13NO/c1-3-8-7(2)12-11-9(8)5-4-6-10(11)13/h4-6,12-13H,3H2,1-2H3. The molecular formula is C11H13NO. The first-order chi connectivity index (χ1) is 6.24. The first kappa shape index (κ1) is 8.17. The molecule has 2 aromatic rings. The second kappa shape index (κ2) is 2.80. The van der Waals surface area contributed by atoms with Gasteiger partial charge < -0.3 is 10.1 Å². The molecule has 0 aliphatic carbocycles. The fourth-order valence-electron chi connectivity index (χ4n) is 1.84. The highest BCUT2D eigenvalue weighted by atomic mass is 16.3. The number of hydrogen-bond donors (Lipinski definition) is 2. The predicted molar refractivity (Wildman–Crippen MR) is 54.1 cm³/mol. The minimum Gasteiger partial charge on any atom is -0.506 e.